The van der Waals surface area contributed by atoms with Gasteiger partial charge in [-0.15, -0.1) is 0 Å². The lowest BCUT2D eigenvalue weighted by atomic mass is 10.00. The van der Waals surface area contributed by atoms with Crippen LogP contribution in [-0.2, 0) is 9.84 Å². The second kappa shape index (κ2) is 7.47. The van der Waals surface area contributed by atoms with Crippen molar-refractivity contribution in [2.75, 3.05) is 31.9 Å². The zero-order valence-corrected chi connectivity index (χ0v) is 15.0. The van der Waals surface area contributed by atoms with E-state index in [1.807, 2.05) is 6.92 Å². The highest BCUT2D eigenvalue weighted by molar-refractivity contribution is 7.92. The number of piperidine rings is 1. The minimum Gasteiger partial charge on any atom is -0.357 e. The van der Waals surface area contributed by atoms with Crippen molar-refractivity contribution in [1.29, 1.82) is 0 Å². The van der Waals surface area contributed by atoms with E-state index < -0.39 is 14.6 Å². The molecule has 0 aromatic heterocycles. The summed E-state index contributed by atoms with van der Waals surface area (Å²) in [5, 5.41) is 3.27. The third kappa shape index (κ3) is 5.49. The van der Waals surface area contributed by atoms with Gasteiger partial charge in [0.15, 0.2) is 15.8 Å². The van der Waals surface area contributed by atoms with Gasteiger partial charge in [-0.1, -0.05) is 6.92 Å². The molecule has 1 fully saturated rings. The molecule has 0 aromatic rings. The molecule has 0 aromatic carbocycles. The highest BCUT2D eigenvalue weighted by Gasteiger charge is 2.28. The number of nitrogens with zero attached hydrogens (tertiary/aromatic N) is 2. The number of nitrogens with one attached hydrogen (secondary N) is 1. The average molecular weight is 317 g/mol. The summed E-state index contributed by atoms with van der Waals surface area (Å²) in [7, 11) is -3.10. The molecular formula is C15H31N3O2S. The summed E-state index contributed by atoms with van der Waals surface area (Å²) in [6.45, 7) is 12.7. The van der Waals surface area contributed by atoms with Crippen LogP contribution < -0.4 is 5.32 Å². The lowest BCUT2D eigenvalue weighted by Gasteiger charge is -2.33. The van der Waals surface area contributed by atoms with Crippen molar-refractivity contribution in [1.82, 2.24) is 10.2 Å². The molecule has 0 spiro atoms. The summed E-state index contributed by atoms with van der Waals surface area (Å²) in [4.78, 5) is 6.76. The number of sulfone groups is 1. The number of hydrogen-bond acceptors (Lipinski definition) is 3. The van der Waals surface area contributed by atoms with Gasteiger partial charge in [-0.3, -0.25) is 4.99 Å². The summed E-state index contributed by atoms with van der Waals surface area (Å²) in [6, 6.07) is 0. The molecule has 0 saturated carbocycles. The minimum absolute atomic E-state index is 0.107. The first-order valence-corrected chi connectivity index (χ1v) is 9.58. The molecule has 0 aliphatic carbocycles. The monoisotopic (exact) mass is 317 g/mol. The van der Waals surface area contributed by atoms with Gasteiger partial charge in [0, 0.05) is 19.6 Å². The predicted octanol–water partition coefficient (Wildman–Crippen LogP) is 1.90. The molecule has 1 saturated heterocycles. The molecule has 0 radical (unpaired) electrons. The predicted molar refractivity (Wildman–Crippen MR) is 89.5 cm³/mol. The Morgan fingerprint density at radius 3 is 2.33 bits per heavy atom. The van der Waals surface area contributed by atoms with E-state index in [1.165, 1.54) is 12.8 Å². The third-order valence-electron chi connectivity index (χ3n) is 3.97. The van der Waals surface area contributed by atoms with Crippen molar-refractivity contribution in [2.24, 2.45) is 10.9 Å². The molecule has 5 nitrogen and oxygen atoms in total. The van der Waals surface area contributed by atoms with Crippen molar-refractivity contribution < 1.29 is 8.42 Å². The molecule has 1 aliphatic rings. The van der Waals surface area contributed by atoms with Gasteiger partial charge in [-0.05, 0) is 46.5 Å². The van der Waals surface area contributed by atoms with Crippen molar-refractivity contribution in [3.63, 3.8) is 0 Å². The Hall–Kier alpha value is -0.780. The number of aliphatic imine (C=N–C) groups is 1. The van der Waals surface area contributed by atoms with Crippen LogP contribution in [0.4, 0.5) is 0 Å². The maximum atomic E-state index is 12.1. The van der Waals surface area contributed by atoms with Crippen molar-refractivity contribution >= 4 is 15.8 Å². The second-order valence-corrected chi connectivity index (χ2v) is 9.70. The van der Waals surface area contributed by atoms with Crippen LogP contribution >= 0.6 is 0 Å². The molecule has 1 heterocycles. The van der Waals surface area contributed by atoms with Gasteiger partial charge in [-0.2, -0.15) is 0 Å². The molecule has 0 bridgehead atoms. The van der Waals surface area contributed by atoms with Crippen LogP contribution in [0.25, 0.3) is 0 Å². The average Bonchev–Trinajstić information content (AvgIpc) is 2.37. The molecule has 1 N–H and O–H groups in total. The second-order valence-electron chi connectivity index (χ2n) is 6.84. The highest BCUT2D eigenvalue weighted by atomic mass is 32.2. The standard InChI is InChI=1S/C15H31N3O2S/c1-6-16-14(18-10-7-13(2)8-11-18)17-9-12-21(19,20)15(3,4)5/h13H,6-12H2,1-5H3,(H,16,17). The highest BCUT2D eigenvalue weighted by Crippen LogP contribution is 2.17. The Labute approximate surface area is 130 Å². The zero-order valence-electron chi connectivity index (χ0n) is 14.1. The van der Waals surface area contributed by atoms with Gasteiger partial charge in [0.25, 0.3) is 0 Å². The molecule has 0 amide bonds. The topological polar surface area (TPSA) is 61.8 Å². The Morgan fingerprint density at radius 1 is 1.29 bits per heavy atom. The van der Waals surface area contributed by atoms with Crippen LogP contribution in [0.5, 0.6) is 0 Å². The summed E-state index contributed by atoms with van der Waals surface area (Å²) in [6.07, 6.45) is 2.34. The summed E-state index contributed by atoms with van der Waals surface area (Å²) < 4.78 is 23.5. The maximum absolute atomic E-state index is 12.1. The first-order valence-electron chi connectivity index (χ1n) is 7.93. The molecule has 6 heteroatoms. The summed E-state index contributed by atoms with van der Waals surface area (Å²) in [5.74, 6) is 1.73. The van der Waals surface area contributed by atoms with Crippen molar-refractivity contribution in [2.45, 2.75) is 52.2 Å². The van der Waals surface area contributed by atoms with Crippen LogP contribution in [0, 0.1) is 5.92 Å². The van der Waals surface area contributed by atoms with E-state index in [4.69, 9.17) is 0 Å². The van der Waals surface area contributed by atoms with Gasteiger partial charge in [0.05, 0.1) is 17.0 Å². The quantitative estimate of drug-likeness (QED) is 0.635. The van der Waals surface area contributed by atoms with Crippen molar-refractivity contribution in [3.8, 4) is 0 Å². The molecule has 1 rings (SSSR count). The Balaban J connectivity index is 2.65. The minimum atomic E-state index is -3.10. The largest absolute Gasteiger partial charge is 0.357 e. The van der Waals surface area contributed by atoms with Crippen LogP contribution in [0.1, 0.15) is 47.5 Å². The van der Waals surface area contributed by atoms with E-state index >= 15 is 0 Å². The van der Waals surface area contributed by atoms with Gasteiger partial charge in [0.1, 0.15) is 0 Å². The molecule has 1 aliphatic heterocycles. The van der Waals surface area contributed by atoms with Gasteiger partial charge in [-0.25, -0.2) is 8.42 Å². The van der Waals surface area contributed by atoms with Crippen molar-refractivity contribution in [3.05, 3.63) is 0 Å². The molecule has 124 valence electrons. The fraction of sp³-hybridized carbons (Fsp3) is 0.933. The molecule has 21 heavy (non-hydrogen) atoms. The third-order valence-corrected chi connectivity index (χ3v) is 6.56. The van der Waals surface area contributed by atoms with E-state index in [-0.39, 0.29) is 5.75 Å². The SMILES string of the molecule is CCNC(=NCCS(=O)(=O)C(C)(C)C)N1CCC(C)CC1. The zero-order chi connectivity index (χ0) is 16.1. The Kier molecular flexibility index (Phi) is 6.50. The normalized spacial score (nSPS) is 18.9. The van der Waals surface area contributed by atoms with Gasteiger partial charge < -0.3 is 10.2 Å². The van der Waals surface area contributed by atoms with Crippen LogP contribution in [0.3, 0.4) is 0 Å². The van der Waals surface area contributed by atoms with E-state index in [2.05, 4.69) is 22.1 Å². The van der Waals surface area contributed by atoms with Crippen LogP contribution in [0.2, 0.25) is 0 Å². The van der Waals surface area contributed by atoms with E-state index in [0.717, 1.165) is 31.5 Å². The number of rotatable bonds is 4. The number of guanidine groups is 1. The smallest absolute Gasteiger partial charge is 0.193 e. The maximum Gasteiger partial charge on any atom is 0.193 e. The first kappa shape index (κ1) is 18.3. The lowest BCUT2D eigenvalue weighted by molar-refractivity contribution is 0.273. The first-order chi connectivity index (χ1) is 9.67. The van der Waals surface area contributed by atoms with E-state index in [0.29, 0.717) is 6.54 Å². The van der Waals surface area contributed by atoms with E-state index in [9.17, 15) is 8.42 Å². The summed E-state index contributed by atoms with van der Waals surface area (Å²) in [5.41, 5.74) is 0. The molecule has 0 atom stereocenters. The van der Waals surface area contributed by atoms with Gasteiger partial charge in [0.2, 0.25) is 0 Å². The molecular weight excluding hydrogens is 286 g/mol. The van der Waals surface area contributed by atoms with Crippen LogP contribution in [-0.4, -0.2) is 56.0 Å². The van der Waals surface area contributed by atoms with Gasteiger partial charge >= 0.3 is 0 Å². The van der Waals surface area contributed by atoms with E-state index in [1.54, 1.807) is 20.8 Å². The number of likely N-dealkylation sites (tertiary alicyclic amines) is 1. The lowest BCUT2D eigenvalue weighted by Crippen LogP contribution is -2.45. The Bertz CT molecular complexity index is 444. The molecule has 0 unspecified atom stereocenters. The summed E-state index contributed by atoms with van der Waals surface area (Å²) >= 11 is 0. The fourth-order valence-corrected chi connectivity index (χ4v) is 3.17. The van der Waals surface area contributed by atoms with Crippen LogP contribution in [0.15, 0.2) is 4.99 Å². The Morgan fingerprint density at radius 2 is 1.86 bits per heavy atom. The fourth-order valence-electron chi connectivity index (χ4n) is 2.22. The number of hydrogen-bond donors (Lipinski definition) is 1.